The van der Waals surface area contributed by atoms with Gasteiger partial charge in [0.05, 0.1) is 33.5 Å². The molecular weight excluding hydrogens is 745 g/mol. The number of para-hydroxylation sites is 1. The van der Waals surface area contributed by atoms with Gasteiger partial charge in [0.1, 0.15) is 0 Å². The second-order valence-electron chi connectivity index (χ2n) is 15.8. The van der Waals surface area contributed by atoms with Crippen LogP contribution in [0.1, 0.15) is 35.6 Å². The van der Waals surface area contributed by atoms with Crippen LogP contribution in [0.5, 0.6) is 0 Å². The van der Waals surface area contributed by atoms with Crippen molar-refractivity contribution in [3.63, 3.8) is 0 Å². The summed E-state index contributed by atoms with van der Waals surface area (Å²) in [5, 5.41) is 4.99. The molecule has 0 radical (unpaired) electrons. The van der Waals surface area contributed by atoms with Crippen molar-refractivity contribution in [3.8, 4) is 11.1 Å². The highest BCUT2D eigenvalue weighted by Crippen LogP contribution is 2.65. The summed E-state index contributed by atoms with van der Waals surface area (Å²) in [6.45, 7) is 6.58. The molecule has 0 bridgehead atoms. The maximum Gasteiger partial charge on any atom is 0.0746 e. The molecule has 1 unspecified atom stereocenters. The Bertz CT molecular complexity index is 3450. The Morgan fingerprint density at radius 3 is 2.12 bits per heavy atom. The number of hydrogen-bond donors (Lipinski definition) is 0. The number of benzene rings is 7. The molecule has 2 heterocycles. The molecule has 3 aliphatic carbocycles. The van der Waals surface area contributed by atoms with Gasteiger partial charge in [-0.15, -0.1) is 11.3 Å². The molecule has 0 saturated carbocycles. The number of hydrogen-bond acceptors (Lipinski definition) is 2. The van der Waals surface area contributed by atoms with Crippen molar-refractivity contribution in [3.05, 3.63) is 235 Å². The highest BCUT2D eigenvalue weighted by molar-refractivity contribution is 7.26. The van der Waals surface area contributed by atoms with E-state index in [1.54, 1.807) is 0 Å². The Kier molecular flexibility index (Phi) is 7.79. The van der Waals surface area contributed by atoms with Crippen LogP contribution in [0.2, 0.25) is 0 Å². The molecule has 0 N–H and O–H groups in total. The average Bonchev–Trinajstić information content (AvgIpc) is 3.94. The van der Waals surface area contributed by atoms with Crippen LogP contribution in [-0.4, -0.2) is 4.57 Å². The highest BCUT2D eigenvalue weighted by Gasteiger charge is 2.53. The summed E-state index contributed by atoms with van der Waals surface area (Å²) in [7, 11) is 0. The molecule has 0 fully saturated rings. The lowest BCUT2D eigenvalue weighted by Crippen LogP contribution is -2.29. The molecule has 2 nitrogen and oxygen atoms in total. The fourth-order valence-electron chi connectivity index (χ4n) is 10.8. The fraction of sp³-hybridized carbons (Fsp3) is 0.0526. The predicted molar refractivity (Wildman–Crippen MR) is 258 cm³/mol. The van der Waals surface area contributed by atoms with Crippen molar-refractivity contribution in [2.75, 3.05) is 4.90 Å². The van der Waals surface area contributed by atoms with E-state index in [0.29, 0.717) is 0 Å². The maximum atomic E-state index is 4.44. The number of thiophene rings is 1. The van der Waals surface area contributed by atoms with Gasteiger partial charge in [-0.1, -0.05) is 158 Å². The molecule has 0 saturated heterocycles. The van der Waals surface area contributed by atoms with Crippen LogP contribution in [-0.2, 0) is 5.41 Å². The molecule has 0 amide bonds. The Labute approximate surface area is 354 Å². The van der Waals surface area contributed by atoms with E-state index in [1.165, 1.54) is 97.9 Å². The van der Waals surface area contributed by atoms with Crippen molar-refractivity contribution in [2.45, 2.75) is 18.8 Å². The molecule has 7 aromatic carbocycles. The van der Waals surface area contributed by atoms with Crippen molar-refractivity contribution in [2.24, 2.45) is 0 Å². The molecule has 1 atom stereocenters. The Morgan fingerprint density at radius 2 is 1.27 bits per heavy atom. The van der Waals surface area contributed by atoms with Crippen LogP contribution in [0.25, 0.3) is 64.4 Å². The Hall–Kier alpha value is -7.20. The third-order valence-electron chi connectivity index (χ3n) is 12.9. The average molecular weight is 785 g/mol. The van der Waals surface area contributed by atoms with Crippen LogP contribution >= 0.6 is 11.3 Å². The third-order valence-corrected chi connectivity index (χ3v) is 14.0. The zero-order valence-electron chi connectivity index (χ0n) is 33.3. The first kappa shape index (κ1) is 34.8. The van der Waals surface area contributed by atoms with Gasteiger partial charge in [0.25, 0.3) is 0 Å². The lowest BCUT2D eigenvalue weighted by Gasteiger charge is -2.37. The number of allylic oxidation sites excluding steroid dienone is 11. The van der Waals surface area contributed by atoms with Gasteiger partial charge in [-0.2, -0.15) is 0 Å². The maximum absolute atomic E-state index is 4.44. The molecule has 0 aliphatic heterocycles. The van der Waals surface area contributed by atoms with Gasteiger partial charge in [-0.25, -0.2) is 0 Å². The van der Waals surface area contributed by atoms with E-state index in [4.69, 9.17) is 0 Å². The Morgan fingerprint density at radius 1 is 0.617 bits per heavy atom. The largest absolute Gasteiger partial charge is 0.309 e. The minimum absolute atomic E-state index is 0.594. The predicted octanol–water partition coefficient (Wildman–Crippen LogP) is 15.8. The minimum Gasteiger partial charge on any atom is -0.309 e. The normalized spacial score (nSPS) is 16.6. The van der Waals surface area contributed by atoms with E-state index in [0.717, 1.165) is 17.8 Å². The van der Waals surface area contributed by atoms with Crippen LogP contribution in [0, 0.1) is 0 Å². The molecule has 1 spiro atoms. The first-order valence-corrected chi connectivity index (χ1v) is 21.6. The van der Waals surface area contributed by atoms with E-state index in [-0.39, 0.29) is 0 Å². The molecule has 12 rings (SSSR count). The van der Waals surface area contributed by atoms with Gasteiger partial charge in [0.2, 0.25) is 0 Å². The van der Waals surface area contributed by atoms with Crippen LogP contribution in [0.4, 0.5) is 17.1 Å². The number of rotatable bonds is 6. The van der Waals surface area contributed by atoms with Gasteiger partial charge in [0, 0.05) is 42.2 Å². The summed E-state index contributed by atoms with van der Waals surface area (Å²) in [4.78, 5) is 2.62. The summed E-state index contributed by atoms with van der Waals surface area (Å²) in [5.41, 5.74) is 16.5. The van der Waals surface area contributed by atoms with Gasteiger partial charge in [-0.05, 0) is 101 Å². The smallest absolute Gasteiger partial charge is 0.0746 e. The van der Waals surface area contributed by atoms with Crippen molar-refractivity contribution >= 4 is 81.6 Å². The SMILES string of the molecule is C=CC1=C(/C=C\C)C2(c3ccccc31)c1ccccc1-c1cccc(N(c3cccc4sc5ccccc5c34)c3cccc4c3c3ccccc3n4C3=CCC=CC=C3)c12. The molecule has 60 heavy (non-hydrogen) atoms. The quantitative estimate of drug-likeness (QED) is 0.163. The standard InChI is InChI=1S/C57H40N2S/c1-3-20-44-38(4-2)39-23-9-13-28-45(39)57(44)46-29-14-10-24-40(46)41-27-17-34-51(56(41)57)59(50-33-19-36-53-55(50)43-26-12-16-35-52(43)60-53)49-32-18-31-48-54(49)42-25-11-15-30-47(42)58(48)37-21-7-5-6-8-22-37/h3-7,9-36H,2,8H2,1H3/b20-3-. The summed E-state index contributed by atoms with van der Waals surface area (Å²) >= 11 is 1.87. The molecule has 3 heteroatoms. The number of anilines is 3. The number of nitrogens with zero attached hydrogens (tertiary/aromatic N) is 2. The first-order valence-electron chi connectivity index (χ1n) is 20.8. The zero-order valence-corrected chi connectivity index (χ0v) is 34.1. The van der Waals surface area contributed by atoms with Gasteiger partial charge < -0.3 is 9.47 Å². The summed E-state index contributed by atoms with van der Waals surface area (Å²) in [5.74, 6) is 0. The van der Waals surface area contributed by atoms with Crippen molar-refractivity contribution in [1.82, 2.24) is 4.57 Å². The lowest BCUT2D eigenvalue weighted by molar-refractivity contribution is 0.785. The zero-order chi connectivity index (χ0) is 40.0. The van der Waals surface area contributed by atoms with Crippen molar-refractivity contribution < 1.29 is 0 Å². The summed E-state index contributed by atoms with van der Waals surface area (Å²) < 4.78 is 5.02. The van der Waals surface area contributed by atoms with Gasteiger partial charge in [0.15, 0.2) is 0 Å². The summed E-state index contributed by atoms with van der Waals surface area (Å²) in [6.07, 6.45) is 18.6. The van der Waals surface area contributed by atoms with Crippen molar-refractivity contribution in [1.29, 1.82) is 0 Å². The summed E-state index contributed by atoms with van der Waals surface area (Å²) in [6, 6.07) is 56.7. The van der Waals surface area contributed by atoms with Gasteiger partial charge >= 0.3 is 0 Å². The van der Waals surface area contributed by atoms with Crippen LogP contribution in [0.3, 0.4) is 0 Å². The fourth-order valence-corrected chi connectivity index (χ4v) is 11.9. The van der Waals surface area contributed by atoms with Crippen LogP contribution < -0.4 is 4.90 Å². The number of aromatic nitrogens is 1. The minimum atomic E-state index is -0.594. The molecular formula is C57H40N2S. The van der Waals surface area contributed by atoms with Crippen LogP contribution in [0.15, 0.2) is 212 Å². The van der Waals surface area contributed by atoms with E-state index < -0.39 is 5.41 Å². The van der Waals surface area contributed by atoms with Gasteiger partial charge in [-0.3, -0.25) is 0 Å². The third kappa shape index (κ3) is 4.64. The first-order chi connectivity index (χ1) is 29.7. The van der Waals surface area contributed by atoms with E-state index in [2.05, 4.69) is 223 Å². The monoisotopic (exact) mass is 784 g/mol. The molecule has 284 valence electrons. The number of fused-ring (bicyclic) bond motifs is 13. The van der Waals surface area contributed by atoms with E-state index in [1.807, 2.05) is 11.3 Å². The molecule has 9 aromatic rings. The van der Waals surface area contributed by atoms with E-state index >= 15 is 0 Å². The lowest BCUT2D eigenvalue weighted by atomic mass is 9.68. The topological polar surface area (TPSA) is 8.17 Å². The molecule has 2 aromatic heterocycles. The second-order valence-corrected chi connectivity index (χ2v) is 16.9. The molecule has 3 aliphatic rings. The van der Waals surface area contributed by atoms with E-state index in [9.17, 15) is 0 Å². The second kappa shape index (κ2) is 13.4. The highest BCUT2D eigenvalue weighted by atomic mass is 32.1. The Balaban J connectivity index is 1.27.